The van der Waals surface area contributed by atoms with Gasteiger partial charge in [-0.25, -0.2) is 10.9 Å². The monoisotopic (exact) mass is 491 g/mol. The van der Waals surface area contributed by atoms with Gasteiger partial charge in [0, 0.05) is 11.1 Å². The van der Waals surface area contributed by atoms with Gasteiger partial charge in [0.05, 0.1) is 49.2 Å². The molecule has 186 valence electrons. The Hall–Kier alpha value is -4.93. The molecule has 0 radical (unpaired) electrons. The van der Waals surface area contributed by atoms with Crippen molar-refractivity contribution in [2.75, 3.05) is 14.2 Å². The predicted molar refractivity (Wildman–Crippen MR) is 133 cm³/mol. The average molecular weight is 492 g/mol. The number of aryl methyl sites for hydroxylation is 2. The first-order chi connectivity index (χ1) is 17.2. The molecule has 0 atom stereocenters. The highest BCUT2D eigenvalue weighted by Crippen LogP contribution is 2.22. The Morgan fingerprint density at radius 3 is 1.58 bits per heavy atom. The molecule has 36 heavy (non-hydrogen) atoms. The number of hydrazone groups is 2. The van der Waals surface area contributed by atoms with E-state index in [1.165, 1.54) is 44.8 Å². The molecule has 0 unspecified atom stereocenters. The molecule has 4 N–H and O–H groups in total. The molecule has 0 bridgehead atoms. The number of phenolic OH excluding ortho intramolecular Hbond substituents is 2. The Labute approximate surface area is 207 Å². The van der Waals surface area contributed by atoms with Crippen LogP contribution in [0.2, 0.25) is 0 Å². The molecule has 11 heteroatoms. The first kappa shape index (κ1) is 25.7. The lowest BCUT2D eigenvalue weighted by molar-refractivity contribution is 0.0954. The highest BCUT2D eigenvalue weighted by Gasteiger charge is 2.17. The first-order valence-electron chi connectivity index (χ1n) is 10.6. The van der Waals surface area contributed by atoms with Crippen molar-refractivity contribution in [1.29, 1.82) is 0 Å². The zero-order chi connectivity index (χ0) is 26.2. The molecule has 2 amide bonds. The van der Waals surface area contributed by atoms with Crippen LogP contribution in [0.1, 0.15) is 43.2 Å². The lowest BCUT2D eigenvalue weighted by Gasteiger charge is -2.09. The molecule has 0 spiro atoms. The number of rotatable bonds is 8. The number of carbonyl (C=O) groups is 2. The quantitative estimate of drug-likeness (QED) is 0.279. The average Bonchev–Trinajstić information content (AvgIpc) is 2.86. The number of nitrogens with zero attached hydrogens (tertiary/aromatic N) is 3. The van der Waals surface area contributed by atoms with Crippen molar-refractivity contribution in [2.24, 2.45) is 10.2 Å². The third kappa shape index (κ3) is 6.14. The number of benzene rings is 2. The number of pyridine rings is 1. The first-order valence-corrected chi connectivity index (χ1v) is 10.6. The summed E-state index contributed by atoms with van der Waals surface area (Å²) in [4.78, 5) is 29.7. The minimum absolute atomic E-state index is 0.0382. The third-order valence-corrected chi connectivity index (χ3v) is 5.10. The van der Waals surface area contributed by atoms with Crippen LogP contribution in [0.25, 0.3) is 0 Å². The van der Waals surface area contributed by atoms with Crippen LogP contribution in [0, 0.1) is 13.8 Å². The number of nitrogens with one attached hydrogen (secondary N) is 2. The maximum atomic E-state index is 12.7. The molecule has 2 aromatic carbocycles. The van der Waals surface area contributed by atoms with Crippen molar-refractivity contribution in [3.8, 4) is 23.0 Å². The van der Waals surface area contributed by atoms with Crippen LogP contribution < -0.4 is 20.3 Å². The number of phenols is 2. The zero-order valence-corrected chi connectivity index (χ0v) is 20.1. The predicted octanol–water partition coefficient (Wildman–Crippen LogP) is 2.65. The van der Waals surface area contributed by atoms with Gasteiger partial charge in [0.25, 0.3) is 11.8 Å². The van der Waals surface area contributed by atoms with Crippen molar-refractivity contribution in [2.45, 2.75) is 13.8 Å². The Morgan fingerprint density at radius 1 is 0.778 bits per heavy atom. The maximum absolute atomic E-state index is 12.7. The number of hydrogen-bond donors (Lipinski definition) is 4. The molecule has 0 aliphatic rings. The highest BCUT2D eigenvalue weighted by atomic mass is 16.5. The fraction of sp³-hybridized carbons (Fsp3) is 0.160. The van der Waals surface area contributed by atoms with Gasteiger partial charge in [-0.15, -0.1) is 0 Å². The molecule has 0 saturated heterocycles. The molecule has 0 aliphatic heterocycles. The van der Waals surface area contributed by atoms with E-state index < -0.39 is 11.8 Å². The normalized spacial score (nSPS) is 11.0. The van der Waals surface area contributed by atoms with Crippen LogP contribution in [0.5, 0.6) is 23.0 Å². The molecular weight excluding hydrogens is 466 g/mol. The van der Waals surface area contributed by atoms with E-state index in [0.29, 0.717) is 34.0 Å². The topological polar surface area (TPSA) is 155 Å². The smallest absolute Gasteiger partial charge is 0.273 e. The van der Waals surface area contributed by atoms with E-state index in [-0.39, 0.29) is 22.6 Å². The Morgan fingerprint density at radius 2 is 1.19 bits per heavy atom. The van der Waals surface area contributed by atoms with Gasteiger partial charge >= 0.3 is 0 Å². The summed E-state index contributed by atoms with van der Waals surface area (Å²) < 4.78 is 10.2. The Bertz CT molecular complexity index is 1250. The number of hydrogen-bond acceptors (Lipinski definition) is 9. The van der Waals surface area contributed by atoms with Crippen LogP contribution >= 0.6 is 0 Å². The van der Waals surface area contributed by atoms with E-state index in [2.05, 4.69) is 26.0 Å². The number of aromatic nitrogens is 1. The molecular formula is C25H25N5O6. The summed E-state index contributed by atoms with van der Waals surface area (Å²) in [6.45, 7) is 3.26. The number of carbonyl (C=O) groups excluding carboxylic acids is 2. The van der Waals surface area contributed by atoms with Crippen molar-refractivity contribution in [3.05, 3.63) is 76.1 Å². The zero-order valence-electron chi connectivity index (χ0n) is 20.1. The fourth-order valence-electron chi connectivity index (χ4n) is 3.15. The van der Waals surface area contributed by atoms with Crippen molar-refractivity contribution in [1.82, 2.24) is 15.8 Å². The summed E-state index contributed by atoms with van der Waals surface area (Å²) in [7, 11) is 2.98. The van der Waals surface area contributed by atoms with Gasteiger partial charge in [-0.1, -0.05) is 0 Å². The molecule has 3 aromatic rings. The molecule has 0 aliphatic carbocycles. The lowest BCUT2D eigenvalue weighted by Crippen LogP contribution is -2.23. The summed E-state index contributed by atoms with van der Waals surface area (Å²) in [5, 5.41) is 27.6. The van der Waals surface area contributed by atoms with Crippen LogP contribution in [-0.2, 0) is 0 Å². The summed E-state index contributed by atoms with van der Waals surface area (Å²) in [6.07, 6.45) is 2.53. The highest BCUT2D eigenvalue weighted by molar-refractivity contribution is 6.01. The van der Waals surface area contributed by atoms with Crippen LogP contribution in [0.15, 0.2) is 52.7 Å². The minimum atomic E-state index is -0.600. The fourth-order valence-corrected chi connectivity index (χ4v) is 3.15. The Balaban J connectivity index is 1.74. The van der Waals surface area contributed by atoms with Gasteiger partial charge in [0.2, 0.25) is 0 Å². The van der Waals surface area contributed by atoms with E-state index in [1.54, 1.807) is 38.1 Å². The summed E-state index contributed by atoms with van der Waals surface area (Å²) in [6, 6.07) is 10.6. The molecule has 11 nitrogen and oxygen atoms in total. The Kier molecular flexibility index (Phi) is 8.18. The standard InChI is InChI=1S/C25H25N5O6/c1-14-20(24(33)29-26-12-16-9-18(35-3)5-7-22(16)31)11-21(15(2)28-14)25(34)30-27-13-17-10-19(36-4)6-8-23(17)32/h5-13,31-32H,1-4H3,(H,29,33)(H,30,34)/b26-12+,27-13+. The molecule has 3 rings (SSSR count). The number of methoxy groups -OCH3 is 2. The van der Waals surface area contributed by atoms with Gasteiger partial charge in [-0.2, -0.15) is 10.2 Å². The van der Waals surface area contributed by atoms with Crippen LogP contribution in [0.4, 0.5) is 0 Å². The van der Waals surface area contributed by atoms with Crippen molar-refractivity contribution >= 4 is 24.2 Å². The molecule has 0 saturated carbocycles. The summed E-state index contributed by atoms with van der Waals surface area (Å²) >= 11 is 0. The largest absolute Gasteiger partial charge is 0.507 e. The molecule has 1 aromatic heterocycles. The lowest BCUT2D eigenvalue weighted by atomic mass is 10.1. The second-order valence-electron chi connectivity index (χ2n) is 7.50. The summed E-state index contributed by atoms with van der Waals surface area (Å²) in [5.74, 6) is -0.249. The number of amides is 2. The number of ether oxygens (including phenoxy) is 2. The van der Waals surface area contributed by atoms with E-state index in [9.17, 15) is 19.8 Å². The van der Waals surface area contributed by atoms with Gasteiger partial charge in [-0.3, -0.25) is 14.6 Å². The van der Waals surface area contributed by atoms with Crippen LogP contribution in [0.3, 0.4) is 0 Å². The maximum Gasteiger partial charge on any atom is 0.273 e. The van der Waals surface area contributed by atoms with Gasteiger partial charge in [0.1, 0.15) is 23.0 Å². The van der Waals surface area contributed by atoms with E-state index in [4.69, 9.17) is 9.47 Å². The third-order valence-electron chi connectivity index (χ3n) is 5.10. The second kappa shape index (κ2) is 11.5. The van der Waals surface area contributed by atoms with Gasteiger partial charge in [-0.05, 0) is 56.3 Å². The van der Waals surface area contributed by atoms with E-state index >= 15 is 0 Å². The van der Waals surface area contributed by atoms with Gasteiger partial charge in [0.15, 0.2) is 0 Å². The SMILES string of the molecule is COc1ccc(O)c(/C=N/NC(=O)c2cc(C(=O)N/N=C/c3cc(OC)ccc3O)c(C)nc2C)c1. The van der Waals surface area contributed by atoms with E-state index in [0.717, 1.165) is 0 Å². The molecule has 0 fully saturated rings. The summed E-state index contributed by atoms with van der Waals surface area (Å²) in [5.41, 5.74) is 6.45. The number of aromatic hydroxyl groups is 2. The van der Waals surface area contributed by atoms with Crippen molar-refractivity contribution < 1.29 is 29.3 Å². The van der Waals surface area contributed by atoms with Crippen LogP contribution in [-0.4, -0.2) is 53.7 Å². The second-order valence-corrected chi connectivity index (χ2v) is 7.50. The van der Waals surface area contributed by atoms with E-state index in [1.807, 2.05) is 0 Å². The minimum Gasteiger partial charge on any atom is -0.507 e. The van der Waals surface area contributed by atoms with Crippen molar-refractivity contribution in [3.63, 3.8) is 0 Å². The van der Waals surface area contributed by atoms with Gasteiger partial charge < -0.3 is 19.7 Å². The molecule has 1 heterocycles.